The summed E-state index contributed by atoms with van der Waals surface area (Å²) in [6.07, 6.45) is 1.53. The van der Waals surface area contributed by atoms with Gasteiger partial charge < -0.3 is 5.32 Å². The van der Waals surface area contributed by atoms with E-state index in [1.807, 2.05) is 44.2 Å². The first-order valence-electron chi connectivity index (χ1n) is 6.97. The fourth-order valence-corrected chi connectivity index (χ4v) is 1.67. The average molecular weight is 549 g/mol. The Morgan fingerprint density at radius 1 is 0.833 bits per heavy atom. The summed E-state index contributed by atoms with van der Waals surface area (Å²) in [6.45, 7) is 5.51. The number of benzene rings is 2. The molecule has 3 radical (unpaired) electrons. The van der Waals surface area contributed by atoms with E-state index in [1.54, 1.807) is 24.3 Å². The Morgan fingerprint density at radius 2 is 1.33 bits per heavy atom. The van der Waals surface area contributed by atoms with Gasteiger partial charge in [0.25, 0.3) is 0 Å². The minimum atomic E-state index is -0.193. The predicted molar refractivity (Wildman–Crippen MR) is 86.3 cm³/mol. The standard InChI is InChI=1S/C16H14NO2.C2H6.3Y/c1-12(18)14-7-9-15(10-8-14)17-16(19)11-13-5-3-2-4-6-13;1-2;;;/h2-11H,1H3,(H,17,19);1-2H3;;;/q-1;;;;. The van der Waals surface area contributed by atoms with Crippen molar-refractivity contribution in [2.24, 2.45) is 0 Å². The molecule has 0 aliphatic carbocycles. The van der Waals surface area contributed by atoms with Gasteiger partial charge in [-0.1, -0.05) is 26.3 Å². The molecule has 0 aliphatic heterocycles. The normalized spacial score (nSPS) is 7.96. The number of hydrogen-bond acceptors (Lipinski definition) is 2. The molecule has 2 aromatic carbocycles. The summed E-state index contributed by atoms with van der Waals surface area (Å²) in [5.74, 6) is -0.185. The van der Waals surface area contributed by atoms with Gasteiger partial charge in [-0.15, -0.1) is 12.1 Å². The molecule has 0 spiro atoms. The van der Waals surface area contributed by atoms with Crippen LogP contribution in [0, 0.1) is 6.42 Å². The monoisotopic (exact) mass is 549 g/mol. The predicted octanol–water partition coefficient (Wildman–Crippen LogP) is 4.10. The Bertz CT molecular complexity index is 587. The topological polar surface area (TPSA) is 46.2 Å². The Morgan fingerprint density at radius 3 is 1.79 bits per heavy atom. The molecule has 0 fully saturated rings. The molecule has 2 rings (SSSR count). The first-order valence-corrected chi connectivity index (χ1v) is 6.97. The molecule has 1 N–H and O–H groups in total. The second-order valence-corrected chi connectivity index (χ2v) is 4.18. The van der Waals surface area contributed by atoms with Gasteiger partial charge in [0.2, 0.25) is 0 Å². The van der Waals surface area contributed by atoms with Gasteiger partial charge in [0.1, 0.15) is 0 Å². The zero-order valence-corrected chi connectivity index (χ0v) is 22.8. The van der Waals surface area contributed by atoms with Crippen LogP contribution < -0.4 is 5.32 Å². The average Bonchev–Trinajstić information content (AvgIpc) is 2.50. The smallest absolute Gasteiger partial charge is 0.193 e. The molecule has 3 nitrogen and oxygen atoms in total. The van der Waals surface area contributed by atoms with E-state index >= 15 is 0 Å². The van der Waals surface area contributed by atoms with Crippen LogP contribution in [0.1, 0.15) is 36.7 Å². The third-order valence-corrected chi connectivity index (χ3v) is 2.66. The molecule has 0 atom stereocenters. The fraction of sp³-hybridized carbons (Fsp3) is 0.167. The minimum Gasteiger partial charge on any atom is -0.333 e. The van der Waals surface area contributed by atoms with Gasteiger partial charge in [-0.3, -0.25) is 9.59 Å². The molecule has 0 aromatic heterocycles. The number of carbonyl (C=O) groups excluding carboxylic acids is 2. The number of rotatable bonds is 4. The van der Waals surface area contributed by atoms with Crippen LogP contribution in [0.15, 0.2) is 54.6 Å². The summed E-state index contributed by atoms with van der Waals surface area (Å²) in [4.78, 5) is 22.9. The Hall–Kier alpha value is 0.762. The minimum absolute atomic E-state index is 0. The molecule has 1 amide bonds. The third-order valence-electron chi connectivity index (χ3n) is 2.66. The number of amides is 1. The van der Waals surface area contributed by atoms with Crippen LogP contribution in [0.4, 0.5) is 5.69 Å². The summed E-state index contributed by atoms with van der Waals surface area (Å²) in [7, 11) is 0. The molecule has 0 heterocycles. The molecule has 119 valence electrons. The van der Waals surface area contributed by atoms with Crippen LogP contribution in [0.2, 0.25) is 0 Å². The van der Waals surface area contributed by atoms with E-state index in [2.05, 4.69) is 5.32 Å². The van der Waals surface area contributed by atoms with E-state index in [-0.39, 0.29) is 110 Å². The van der Waals surface area contributed by atoms with Crippen molar-refractivity contribution in [1.29, 1.82) is 0 Å². The van der Waals surface area contributed by atoms with Crippen molar-refractivity contribution in [3.05, 3.63) is 72.1 Å². The van der Waals surface area contributed by atoms with Gasteiger partial charge in [0.05, 0.1) is 0 Å². The van der Waals surface area contributed by atoms with Crippen LogP contribution in [-0.2, 0) is 103 Å². The number of ketones is 1. The molecule has 0 bridgehead atoms. The van der Waals surface area contributed by atoms with Crippen molar-refractivity contribution in [3.8, 4) is 0 Å². The maximum absolute atomic E-state index is 11.8. The Balaban J connectivity index is -0.000000850. The van der Waals surface area contributed by atoms with E-state index in [1.165, 1.54) is 13.3 Å². The van der Waals surface area contributed by atoms with Gasteiger partial charge in [0, 0.05) is 109 Å². The van der Waals surface area contributed by atoms with Crippen molar-refractivity contribution in [2.45, 2.75) is 20.8 Å². The maximum atomic E-state index is 11.8. The zero-order chi connectivity index (χ0) is 15.7. The Kier molecular flexibility index (Phi) is 21.1. The summed E-state index contributed by atoms with van der Waals surface area (Å²) >= 11 is 0. The summed E-state index contributed by atoms with van der Waals surface area (Å²) in [5.41, 5.74) is 2.15. The van der Waals surface area contributed by atoms with Gasteiger partial charge in [-0.2, -0.15) is 17.7 Å². The van der Waals surface area contributed by atoms with Crippen LogP contribution in [0.5, 0.6) is 0 Å². The van der Waals surface area contributed by atoms with E-state index in [0.29, 0.717) is 11.3 Å². The molecule has 24 heavy (non-hydrogen) atoms. The maximum Gasteiger partial charge on any atom is 0.193 e. The van der Waals surface area contributed by atoms with Crippen LogP contribution in [0.3, 0.4) is 0 Å². The van der Waals surface area contributed by atoms with Crippen molar-refractivity contribution in [3.63, 3.8) is 0 Å². The quantitative estimate of drug-likeness (QED) is 0.462. The largest absolute Gasteiger partial charge is 0.333 e. The van der Waals surface area contributed by atoms with E-state index < -0.39 is 0 Å². The number of anilines is 1. The van der Waals surface area contributed by atoms with Gasteiger partial charge in [-0.25, -0.2) is 0 Å². The number of nitrogens with one attached hydrogen (secondary N) is 1. The number of Topliss-reactive ketones (excluding diaryl/α,β-unsaturated/α-hetero) is 1. The summed E-state index contributed by atoms with van der Waals surface area (Å²) in [5, 5.41) is 2.75. The van der Waals surface area contributed by atoms with Gasteiger partial charge in [0.15, 0.2) is 11.7 Å². The fourth-order valence-electron chi connectivity index (χ4n) is 1.67. The van der Waals surface area contributed by atoms with Gasteiger partial charge in [-0.05, 0) is 31.2 Å². The molecular formula is C18H20NO2Y3-. The second kappa shape index (κ2) is 17.2. The van der Waals surface area contributed by atoms with E-state index in [4.69, 9.17) is 0 Å². The second-order valence-electron chi connectivity index (χ2n) is 4.18. The van der Waals surface area contributed by atoms with E-state index in [9.17, 15) is 9.59 Å². The third kappa shape index (κ3) is 11.4. The molecule has 0 aliphatic rings. The van der Waals surface area contributed by atoms with E-state index in [0.717, 1.165) is 5.56 Å². The molecule has 0 saturated carbocycles. The number of hydrogen-bond donors (Lipinski definition) is 1. The van der Waals surface area contributed by atoms with Crippen molar-refractivity contribution < 1.29 is 108 Å². The Labute approximate surface area is 220 Å². The molecular weight excluding hydrogens is 529 g/mol. The van der Waals surface area contributed by atoms with Crippen LogP contribution in [0.25, 0.3) is 0 Å². The first kappa shape index (κ1) is 29.5. The summed E-state index contributed by atoms with van der Waals surface area (Å²) < 4.78 is 0. The van der Waals surface area contributed by atoms with Crippen molar-refractivity contribution in [1.82, 2.24) is 0 Å². The molecule has 6 heteroatoms. The van der Waals surface area contributed by atoms with Crippen molar-refractivity contribution in [2.75, 3.05) is 5.32 Å². The van der Waals surface area contributed by atoms with Crippen molar-refractivity contribution >= 4 is 17.4 Å². The van der Waals surface area contributed by atoms with Crippen LogP contribution in [-0.4, -0.2) is 11.7 Å². The molecule has 0 unspecified atom stereocenters. The molecule has 2 aromatic rings. The first-order chi connectivity index (χ1) is 10.1. The van der Waals surface area contributed by atoms with Crippen LogP contribution >= 0.6 is 0 Å². The number of carbonyl (C=O) groups is 2. The zero-order valence-electron chi connectivity index (χ0n) is 14.3. The SMILES string of the molecule is CC.CC(=O)c1ccc(NC(=O)[CH-]c2ccccc2)cc1.[Y].[Y].[Y]. The molecule has 0 saturated heterocycles. The van der Waals surface area contributed by atoms with Gasteiger partial charge >= 0.3 is 0 Å². The summed E-state index contributed by atoms with van der Waals surface area (Å²) in [6, 6.07) is 16.2.